The van der Waals surface area contributed by atoms with Gasteiger partial charge in [-0.3, -0.25) is 0 Å². The molecule has 0 radical (unpaired) electrons. The van der Waals surface area contributed by atoms with Crippen molar-refractivity contribution < 1.29 is 0 Å². The highest BCUT2D eigenvalue weighted by molar-refractivity contribution is 5.91. The van der Waals surface area contributed by atoms with Crippen molar-refractivity contribution in [2.45, 2.75) is 33.2 Å². The lowest BCUT2D eigenvalue weighted by Crippen LogP contribution is -2.28. The number of hydrogen-bond donors (Lipinski definition) is 0. The van der Waals surface area contributed by atoms with Crippen LogP contribution in [-0.2, 0) is 6.54 Å². The standard InChI is InChI=1S/C16H21N3/c1-3-13-7-10-19(11-8-13)15-12-18(4-2)16-14(15)6-5-9-17-16/h5-7,9,12H,3-4,8,10-11H2,1-2H3. The Morgan fingerprint density at radius 2 is 2.21 bits per heavy atom. The predicted octanol–water partition coefficient (Wildman–Crippen LogP) is 3.60. The van der Waals surface area contributed by atoms with Gasteiger partial charge in [-0.15, -0.1) is 0 Å². The third-order valence-corrected chi connectivity index (χ3v) is 4.05. The van der Waals surface area contributed by atoms with Gasteiger partial charge in [0, 0.05) is 37.4 Å². The van der Waals surface area contributed by atoms with Gasteiger partial charge < -0.3 is 9.47 Å². The highest BCUT2D eigenvalue weighted by Crippen LogP contribution is 2.30. The maximum absolute atomic E-state index is 4.52. The third kappa shape index (κ3) is 2.14. The van der Waals surface area contributed by atoms with Crippen molar-refractivity contribution in [3.63, 3.8) is 0 Å². The van der Waals surface area contributed by atoms with Crippen LogP contribution in [0.2, 0.25) is 0 Å². The van der Waals surface area contributed by atoms with Crippen LogP contribution in [0.4, 0.5) is 5.69 Å². The Hall–Kier alpha value is -1.77. The van der Waals surface area contributed by atoms with E-state index in [1.807, 2.05) is 12.3 Å². The average Bonchev–Trinajstić information content (AvgIpc) is 2.86. The maximum atomic E-state index is 4.52. The van der Waals surface area contributed by atoms with Crippen molar-refractivity contribution in [1.29, 1.82) is 0 Å². The Morgan fingerprint density at radius 3 is 2.89 bits per heavy atom. The maximum Gasteiger partial charge on any atom is 0.141 e. The first-order valence-electron chi connectivity index (χ1n) is 7.20. The van der Waals surface area contributed by atoms with E-state index < -0.39 is 0 Å². The fraction of sp³-hybridized carbons (Fsp3) is 0.438. The van der Waals surface area contributed by atoms with E-state index in [1.165, 1.54) is 23.9 Å². The zero-order valence-electron chi connectivity index (χ0n) is 11.8. The lowest BCUT2D eigenvalue weighted by atomic mass is 10.1. The number of aryl methyl sites for hydroxylation is 1. The Labute approximate surface area is 114 Å². The Bertz CT molecular complexity index is 609. The quantitative estimate of drug-likeness (QED) is 0.781. The molecule has 0 N–H and O–H groups in total. The summed E-state index contributed by atoms with van der Waals surface area (Å²) in [5, 5.41) is 1.28. The molecule has 2 aromatic heterocycles. The van der Waals surface area contributed by atoms with Gasteiger partial charge in [-0.1, -0.05) is 18.6 Å². The van der Waals surface area contributed by atoms with Crippen molar-refractivity contribution in [2.24, 2.45) is 0 Å². The van der Waals surface area contributed by atoms with Crippen LogP contribution in [0.25, 0.3) is 11.0 Å². The fourth-order valence-electron chi connectivity index (χ4n) is 2.85. The molecule has 0 amide bonds. The Balaban J connectivity index is 2.00. The molecule has 100 valence electrons. The van der Waals surface area contributed by atoms with Crippen molar-refractivity contribution in [3.05, 3.63) is 36.2 Å². The first kappa shape index (κ1) is 12.3. The molecule has 0 fully saturated rings. The number of nitrogens with zero attached hydrogens (tertiary/aromatic N) is 3. The van der Waals surface area contributed by atoms with E-state index >= 15 is 0 Å². The van der Waals surface area contributed by atoms with E-state index in [0.717, 1.165) is 25.3 Å². The lowest BCUT2D eigenvalue weighted by Gasteiger charge is -2.27. The van der Waals surface area contributed by atoms with Gasteiger partial charge in [0.25, 0.3) is 0 Å². The van der Waals surface area contributed by atoms with Crippen molar-refractivity contribution in [2.75, 3.05) is 18.0 Å². The van der Waals surface area contributed by atoms with Crippen LogP contribution in [0.15, 0.2) is 36.2 Å². The summed E-state index contributed by atoms with van der Waals surface area (Å²) in [4.78, 5) is 6.99. The van der Waals surface area contributed by atoms with Crippen LogP contribution in [-0.4, -0.2) is 22.6 Å². The van der Waals surface area contributed by atoms with E-state index in [2.05, 4.69) is 46.6 Å². The largest absolute Gasteiger partial charge is 0.366 e. The van der Waals surface area contributed by atoms with Gasteiger partial charge in [-0.05, 0) is 31.9 Å². The lowest BCUT2D eigenvalue weighted by molar-refractivity contribution is 0.754. The molecule has 0 spiro atoms. The van der Waals surface area contributed by atoms with Crippen molar-refractivity contribution in [3.8, 4) is 0 Å². The molecule has 3 heteroatoms. The molecule has 0 unspecified atom stereocenters. The smallest absolute Gasteiger partial charge is 0.141 e. The molecular weight excluding hydrogens is 234 g/mol. The van der Waals surface area contributed by atoms with Crippen LogP contribution in [0.1, 0.15) is 26.7 Å². The molecule has 3 rings (SSSR count). The van der Waals surface area contributed by atoms with Gasteiger partial charge in [-0.2, -0.15) is 0 Å². The molecule has 3 nitrogen and oxygen atoms in total. The monoisotopic (exact) mass is 255 g/mol. The summed E-state index contributed by atoms with van der Waals surface area (Å²) < 4.78 is 2.24. The van der Waals surface area contributed by atoms with Gasteiger partial charge >= 0.3 is 0 Å². The minimum atomic E-state index is 0.970. The third-order valence-electron chi connectivity index (χ3n) is 4.05. The Kier molecular flexibility index (Phi) is 3.28. The molecule has 1 aliphatic rings. The van der Waals surface area contributed by atoms with Gasteiger partial charge in [-0.25, -0.2) is 4.98 Å². The van der Waals surface area contributed by atoms with Gasteiger partial charge in [0.1, 0.15) is 5.65 Å². The molecule has 0 aromatic carbocycles. The summed E-state index contributed by atoms with van der Waals surface area (Å²) in [5.41, 5.74) is 4.02. The second-order valence-corrected chi connectivity index (χ2v) is 5.09. The molecule has 0 aliphatic carbocycles. The Morgan fingerprint density at radius 1 is 1.32 bits per heavy atom. The van der Waals surface area contributed by atoms with Crippen molar-refractivity contribution in [1.82, 2.24) is 9.55 Å². The summed E-state index contributed by atoms with van der Waals surface area (Å²) in [6.45, 7) is 7.53. The minimum Gasteiger partial charge on any atom is -0.366 e. The first-order valence-corrected chi connectivity index (χ1v) is 7.20. The number of fused-ring (bicyclic) bond motifs is 1. The van der Waals surface area contributed by atoms with Crippen LogP contribution >= 0.6 is 0 Å². The van der Waals surface area contributed by atoms with Gasteiger partial charge in [0.2, 0.25) is 0 Å². The molecule has 19 heavy (non-hydrogen) atoms. The summed E-state index contributed by atoms with van der Waals surface area (Å²) in [6.07, 6.45) is 8.89. The van der Waals surface area contributed by atoms with E-state index in [0.29, 0.717) is 0 Å². The second kappa shape index (κ2) is 5.08. The van der Waals surface area contributed by atoms with Crippen LogP contribution in [0, 0.1) is 0 Å². The van der Waals surface area contributed by atoms with Crippen LogP contribution in [0.3, 0.4) is 0 Å². The second-order valence-electron chi connectivity index (χ2n) is 5.09. The van der Waals surface area contributed by atoms with E-state index in [1.54, 1.807) is 5.57 Å². The zero-order valence-corrected chi connectivity index (χ0v) is 11.8. The summed E-state index contributed by atoms with van der Waals surface area (Å²) in [6, 6.07) is 4.21. The molecule has 1 aliphatic heterocycles. The normalized spacial score (nSPS) is 15.9. The number of hydrogen-bond acceptors (Lipinski definition) is 2. The topological polar surface area (TPSA) is 21.1 Å². The number of pyridine rings is 1. The van der Waals surface area contributed by atoms with Crippen LogP contribution < -0.4 is 4.90 Å². The molecular formula is C16H21N3. The minimum absolute atomic E-state index is 0.970. The molecule has 0 saturated carbocycles. The van der Waals surface area contributed by atoms with Gasteiger partial charge in [0.05, 0.1) is 5.69 Å². The van der Waals surface area contributed by atoms with Crippen molar-refractivity contribution >= 4 is 16.7 Å². The molecule has 3 heterocycles. The SMILES string of the molecule is CCC1=CCN(c2cn(CC)c3ncccc23)CC1. The number of anilines is 1. The molecule has 0 atom stereocenters. The molecule has 0 bridgehead atoms. The predicted molar refractivity (Wildman–Crippen MR) is 80.6 cm³/mol. The summed E-state index contributed by atoms with van der Waals surface area (Å²) >= 11 is 0. The molecule has 2 aromatic rings. The summed E-state index contributed by atoms with van der Waals surface area (Å²) in [7, 11) is 0. The van der Waals surface area contributed by atoms with Crippen LogP contribution in [0.5, 0.6) is 0 Å². The molecule has 0 saturated heterocycles. The fourth-order valence-corrected chi connectivity index (χ4v) is 2.85. The van der Waals surface area contributed by atoms with Gasteiger partial charge in [0.15, 0.2) is 0 Å². The average molecular weight is 255 g/mol. The first-order chi connectivity index (χ1) is 9.33. The van der Waals surface area contributed by atoms with E-state index in [-0.39, 0.29) is 0 Å². The van der Waals surface area contributed by atoms with E-state index in [4.69, 9.17) is 0 Å². The van der Waals surface area contributed by atoms with E-state index in [9.17, 15) is 0 Å². The number of rotatable bonds is 3. The number of aromatic nitrogens is 2. The summed E-state index contributed by atoms with van der Waals surface area (Å²) in [5.74, 6) is 0. The highest BCUT2D eigenvalue weighted by Gasteiger charge is 2.16. The highest BCUT2D eigenvalue weighted by atomic mass is 15.2. The zero-order chi connectivity index (χ0) is 13.2.